The van der Waals surface area contributed by atoms with Crippen molar-refractivity contribution in [2.24, 2.45) is 5.73 Å². The van der Waals surface area contributed by atoms with Crippen molar-refractivity contribution in [1.82, 2.24) is 16.0 Å². The third-order valence-electron chi connectivity index (χ3n) is 4.29. The fraction of sp³-hybridized carbons (Fsp3) is 0.294. The monoisotopic (exact) mass is 328 g/mol. The van der Waals surface area contributed by atoms with Gasteiger partial charge >= 0.3 is 6.03 Å². The number of hydrogen-bond acceptors (Lipinski definition) is 4. The minimum Gasteiger partial charge on any atom is -0.497 e. The molecular weight excluding hydrogens is 308 g/mol. The summed E-state index contributed by atoms with van der Waals surface area (Å²) < 4.78 is 5.25. The lowest BCUT2D eigenvalue weighted by molar-refractivity contribution is -0.118. The van der Waals surface area contributed by atoms with Gasteiger partial charge in [-0.15, -0.1) is 0 Å². The largest absolute Gasteiger partial charge is 0.497 e. The maximum Gasteiger partial charge on any atom is 0.323 e. The van der Waals surface area contributed by atoms with Crippen LogP contribution in [0, 0.1) is 0 Å². The van der Waals surface area contributed by atoms with Crippen molar-refractivity contribution in [3.8, 4) is 5.75 Å². The standard InChI is InChI=1S/C17H20N4O3/c1-9-14(18)15(21-17(23)19-9)16(22)20-13-5-3-4-10-8-11(24-2)6-7-12(10)13/h6-8,13H,1,3-5,18H2,2H3,(H,20,22)(H2,19,21,23). The first kappa shape index (κ1) is 15.9. The molecule has 3 rings (SSSR count). The summed E-state index contributed by atoms with van der Waals surface area (Å²) in [6.07, 6.45) is 2.73. The van der Waals surface area contributed by atoms with Gasteiger partial charge in [0.2, 0.25) is 0 Å². The first-order valence-electron chi connectivity index (χ1n) is 7.74. The fourth-order valence-corrected chi connectivity index (χ4v) is 3.04. The number of aryl methyl sites for hydroxylation is 1. The van der Waals surface area contributed by atoms with Gasteiger partial charge in [0.05, 0.1) is 24.5 Å². The van der Waals surface area contributed by atoms with E-state index in [4.69, 9.17) is 10.5 Å². The van der Waals surface area contributed by atoms with Gasteiger partial charge in [-0.25, -0.2) is 4.79 Å². The van der Waals surface area contributed by atoms with E-state index in [0.29, 0.717) is 0 Å². The van der Waals surface area contributed by atoms with Crippen molar-refractivity contribution in [3.63, 3.8) is 0 Å². The summed E-state index contributed by atoms with van der Waals surface area (Å²) in [5.74, 6) is 0.381. The van der Waals surface area contributed by atoms with Crippen LogP contribution in [0.1, 0.15) is 30.0 Å². The van der Waals surface area contributed by atoms with Crippen LogP contribution in [0.25, 0.3) is 0 Å². The number of ether oxygens (including phenoxy) is 1. The van der Waals surface area contributed by atoms with Crippen LogP contribution in [0.5, 0.6) is 5.75 Å². The minimum absolute atomic E-state index is 0.0318. The molecule has 0 spiro atoms. The number of fused-ring (bicyclic) bond motifs is 1. The molecule has 0 saturated carbocycles. The van der Waals surface area contributed by atoms with Crippen LogP contribution in [0.3, 0.4) is 0 Å². The summed E-state index contributed by atoms with van der Waals surface area (Å²) in [6.45, 7) is 3.63. The molecule has 7 nitrogen and oxygen atoms in total. The molecule has 1 aromatic carbocycles. The van der Waals surface area contributed by atoms with Crippen molar-refractivity contribution in [3.05, 3.63) is 53.0 Å². The molecule has 0 aromatic heterocycles. The predicted octanol–water partition coefficient (Wildman–Crippen LogP) is 1.19. The minimum atomic E-state index is -0.520. The van der Waals surface area contributed by atoms with Gasteiger partial charge < -0.3 is 26.4 Å². The number of rotatable bonds is 3. The molecule has 0 saturated heterocycles. The van der Waals surface area contributed by atoms with Gasteiger partial charge in [0.25, 0.3) is 5.91 Å². The Morgan fingerprint density at radius 3 is 2.96 bits per heavy atom. The summed E-state index contributed by atoms with van der Waals surface area (Å²) >= 11 is 0. The quantitative estimate of drug-likeness (QED) is 0.669. The van der Waals surface area contributed by atoms with Gasteiger partial charge in [-0.3, -0.25) is 4.79 Å². The van der Waals surface area contributed by atoms with Crippen LogP contribution >= 0.6 is 0 Å². The molecule has 5 N–H and O–H groups in total. The Balaban J connectivity index is 1.82. The highest BCUT2D eigenvalue weighted by Gasteiger charge is 2.28. The van der Waals surface area contributed by atoms with E-state index in [1.54, 1.807) is 7.11 Å². The number of benzene rings is 1. The number of hydrogen-bond donors (Lipinski definition) is 4. The number of nitrogens with one attached hydrogen (secondary N) is 3. The van der Waals surface area contributed by atoms with E-state index >= 15 is 0 Å². The summed E-state index contributed by atoms with van der Waals surface area (Å²) in [7, 11) is 1.63. The second kappa shape index (κ2) is 6.27. The smallest absolute Gasteiger partial charge is 0.323 e. The average Bonchev–Trinajstić information content (AvgIpc) is 2.57. The van der Waals surface area contributed by atoms with Gasteiger partial charge in [0.15, 0.2) is 0 Å². The Morgan fingerprint density at radius 1 is 1.42 bits per heavy atom. The van der Waals surface area contributed by atoms with Gasteiger partial charge in [0.1, 0.15) is 11.4 Å². The highest BCUT2D eigenvalue weighted by molar-refractivity contribution is 6.00. The first-order chi connectivity index (χ1) is 11.5. The van der Waals surface area contributed by atoms with E-state index in [0.717, 1.165) is 36.1 Å². The van der Waals surface area contributed by atoms with Crippen molar-refractivity contribution >= 4 is 11.9 Å². The Hall–Kier alpha value is -2.96. The van der Waals surface area contributed by atoms with E-state index in [2.05, 4.69) is 22.5 Å². The van der Waals surface area contributed by atoms with Crippen LogP contribution in [0.2, 0.25) is 0 Å². The molecule has 126 valence electrons. The summed E-state index contributed by atoms with van der Waals surface area (Å²) in [4.78, 5) is 24.1. The molecule has 1 heterocycles. The third kappa shape index (κ3) is 2.92. The van der Waals surface area contributed by atoms with Crippen LogP contribution in [0.4, 0.5) is 4.79 Å². The van der Waals surface area contributed by atoms with Gasteiger partial charge in [-0.1, -0.05) is 12.6 Å². The second-order valence-electron chi connectivity index (χ2n) is 5.83. The molecule has 1 aliphatic heterocycles. The molecular formula is C17H20N4O3. The predicted molar refractivity (Wildman–Crippen MR) is 88.8 cm³/mol. The van der Waals surface area contributed by atoms with Crippen molar-refractivity contribution in [1.29, 1.82) is 0 Å². The van der Waals surface area contributed by atoms with Crippen molar-refractivity contribution in [2.45, 2.75) is 25.3 Å². The Bertz CT molecular complexity index is 754. The molecule has 1 unspecified atom stereocenters. The molecule has 2 aliphatic rings. The molecule has 0 bridgehead atoms. The highest BCUT2D eigenvalue weighted by Crippen LogP contribution is 2.32. The topological polar surface area (TPSA) is 105 Å². The Labute approximate surface area is 139 Å². The molecule has 1 aromatic rings. The SMILES string of the molecule is C=C1NC(=O)NC(C(=O)NC2CCCc3cc(OC)ccc32)=C1N. The zero-order valence-electron chi connectivity index (χ0n) is 13.4. The second-order valence-corrected chi connectivity index (χ2v) is 5.83. The van der Waals surface area contributed by atoms with E-state index in [1.807, 2.05) is 18.2 Å². The van der Waals surface area contributed by atoms with Crippen LogP contribution in [-0.4, -0.2) is 19.0 Å². The Kier molecular flexibility index (Phi) is 4.16. The molecule has 1 aliphatic carbocycles. The number of carbonyl (C=O) groups is 2. The summed E-state index contributed by atoms with van der Waals surface area (Å²) in [6, 6.07) is 5.19. The lowest BCUT2D eigenvalue weighted by atomic mass is 9.87. The van der Waals surface area contributed by atoms with E-state index < -0.39 is 11.9 Å². The normalized spacial score (nSPS) is 20.0. The van der Waals surface area contributed by atoms with Gasteiger partial charge in [-0.2, -0.15) is 0 Å². The number of carbonyl (C=O) groups excluding carboxylic acids is 2. The molecule has 0 fully saturated rings. The number of nitrogens with two attached hydrogens (primary N) is 1. The zero-order chi connectivity index (χ0) is 17.3. The highest BCUT2D eigenvalue weighted by atomic mass is 16.5. The van der Waals surface area contributed by atoms with Gasteiger partial charge in [0, 0.05) is 0 Å². The lowest BCUT2D eigenvalue weighted by Crippen LogP contribution is -2.47. The Morgan fingerprint density at radius 2 is 2.21 bits per heavy atom. The van der Waals surface area contributed by atoms with E-state index in [-0.39, 0.29) is 23.1 Å². The average molecular weight is 328 g/mol. The molecule has 3 amide bonds. The van der Waals surface area contributed by atoms with E-state index in [9.17, 15) is 9.59 Å². The maximum absolute atomic E-state index is 12.5. The first-order valence-corrected chi connectivity index (χ1v) is 7.74. The van der Waals surface area contributed by atoms with Crippen LogP contribution in [-0.2, 0) is 11.2 Å². The molecule has 0 radical (unpaired) electrons. The molecule has 1 atom stereocenters. The lowest BCUT2D eigenvalue weighted by Gasteiger charge is -2.28. The van der Waals surface area contributed by atoms with Crippen molar-refractivity contribution in [2.75, 3.05) is 7.11 Å². The van der Waals surface area contributed by atoms with Gasteiger partial charge in [-0.05, 0) is 42.5 Å². The van der Waals surface area contributed by atoms with E-state index in [1.165, 1.54) is 0 Å². The van der Waals surface area contributed by atoms with Crippen LogP contribution < -0.4 is 26.4 Å². The molecule has 7 heteroatoms. The number of amides is 3. The maximum atomic E-state index is 12.5. The molecule has 24 heavy (non-hydrogen) atoms. The summed E-state index contributed by atoms with van der Waals surface area (Å²) in [5.41, 5.74) is 8.46. The van der Waals surface area contributed by atoms with Crippen LogP contribution in [0.15, 0.2) is 41.9 Å². The zero-order valence-corrected chi connectivity index (χ0v) is 13.4. The number of urea groups is 1. The number of methoxy groups -OCH3 is 1. The fourth-order valence-electron chi connectivity index (χ4n) is 3.04. The summed E-state index contributed by atoms with van der Waals surface area (Å²) in [5, 5.41) is 7.82. The van der Waals surface area contributed by atoms with Crippen molar-refractivity contribution < 1.29 is 14.3 Å². The third-order valence-corrected chi connectivity index (χ3v) is 4.29.